The molecule has 0 radical (unpaired) electrons. The van der Waals surface area contributed by atoms with Crippen LogP contribution in [0.25, 0.3) is 0 Å². The first kappa shape index (κ1) is 9.41. The Bertz CT molecular complexity index is 174. The minimum atomic E-state index is -0.953. The van der Waals surface area contributed by atoms with Gasteiger partial charge in [-0.05, 0) is 38.5 Å². The molecule has 1 saturated carbocycles. The van der Waals surface area contributed by atoms with Crippen molar-refractivity contribution in [2.75, 3.05) is 6.61 Å². The third kappa shape index (κ3) is 2.20. The predicted molar refractivity (Wildman–Crippen MR) is 49.3 cm³/mol. The lowest BCUT2D eigenvalue weighted by Gasteiger charge is -2.39. The second-order valence-corrected chi connectivity index (χ2v) is 4.49. The summed E-state index contributed by atoms with van der Waals surface area (Å²) in [5, 5.41) is 0. The first-order chi connectivity index (χ1) is 6.18. The zero-order chi connectivity index (χ0) is 9.31. The Kier molecular flexibility index (Phi) is 2.56. The summed E-state index contributed by atoms with van der Waals surface area (Å²) in [5.74, 6) is 0. The Morgan fingerprint density at radius 3 is 2.77 bits per heavy atom. The van der Waals surface area contributed by atoms with Gasteiger partial charge in [-0.15, -0.1) is 0 Å². The fraction of sp³-hybridized carbons (Fsp3) is 1.00. The molecule has 1 aliphatic heterocycles. The summed E-state index contributed by atoms with van der Waals surface area (Å²) in [4.78, 5) is 0. The van der Waals surface area contributed by atoms with Crippen molar-refractivity contribution < 1.29 is 9.13 Å². The van der Waals surface area contributed by atoms with E-state index in [4.69, 9.17) is 10.5 Å². The van der Waals surface area contributed by atoms with Gasteiger partial charge in [0.1, 0.15) is 5.67 Å². The van der Waals surface area contributed by atoms with E-state index < -0.39 is 5.67 Å². The van der Waals surface area contributed by atoms with Gasteiger partial charge >= 0.3 is 0 Å². The molecule has 13 heavy (non-hydrogen) atoms. The summed E-state index contributed by atoms with van der Waals surface area (Å²) in [7, 11) is 0. The third-order valence-corrected chi connectivity index (χ3v) is 3.19. The monoisotopic (exact) mass is 187 g/mol. The average Bonchev–Trinajstić information content (AvgIpc) is 2.50. The van der Waals surface area contributed by atoms with Crippen LogP contribution in [0, 0.1) is 0 Å². The third-order valence-electron chi connectivity index (χ3n) is 3.19. The topological polar surface area (TPSA) is 35.2 Å². The van der Waals surface area contributed by atoms with E-state index >= 15 is 0 Å². The van der Waals surface area contributed by atoms with E-state index in [0.717, 1.165) is 25.9 Å². The lowest BCUT2D eigenvalue weighted by atomic mass is 9.74. The molecule has 2 fully saturated rings. The van der Waals surface area contributed by atoms with E-state index in [1.807, 2.05) is 0 Å². The van der Waals surface area contributed by atoms with Crippen LogP contribution < -0.4 is 5.73 Å². The van der Waals surface area contributed by atoms with Gasteiger partial charge in [-0.2, -0.15) is 0 Å². The van der Waals surface area contributed by atoms with Gasteiger partial charge in [0.05, 0.1) is 6.10 Å². The van der Waals surface area contributed by atoms with Crippen molar-refractivity contribution in [3.63, 3.8) is 0 Å². The molecule has 0 aromatic carbocycles. The number of rotatable bonds is 3. The number of hydrogen-bond acceptors (Lipinski definition) is 2. The Labute approximate surface area is 78.6 Å². The molecule has 2 N–H and O–H groups in total. The smallest absolute Gasteiger partial charge is 0.114 e. The first-order valence-corrected chi connectivity index (χ1v) is 5.24. The predicted octanol–water partition coefficient (Wildman–Crippen LogP) is 1.77. The molecule has 2 rings (SSSR count). The highest BCUT2D eigenvalue weighted by atomic mass is 19.1. The number of alkyl halides is 1. The normalized spacial score (nSPS) is 44.8. The Hall–Kier alpha value is -0.150. The van der Waals surface area contributed by atoms with E-state index in [1.54, 1.807) is 0 Å². The van der Waals surface area contributed by atoms with Crippen LogP contribution in [0.4, 0.5) is 4.39 Å². The fourth-order valence-corrected chi connectivity index (χ4v) is 2.38. The van der Waals surface area contributed by atoms with Crippen LogP contribution in [0.15, 0.2) is 0 Å². The molecule has 2 nitrogen and oxygen atoms in total. The molecule has 76 valence electrons. The number of halogens is 1. The van der Waals surface area contributed by atoms with Crippen molar-refractivity contribution in [2.45, 2.75) is 56.3 Å². The summed E-state index contributed by atoms with van der Waals surface area (Å²) < 4.78 is 19.1. The second-order valence-electron chi connectivity index (χ2n) is 4.49. The largest absolute Gasteiger partial charge is 0.378 e. The van der Waals surface area contributed by atoms with Crippen LogP contribution >= 0.6 is 0 Å². The minimum Gasteiger partial charge on any atom is -0.378 e. The summed E-state index contributed by atoms with van der Waals surface area (Å²) in [6.07, 6.45) is 5.21. The van der Waals surface area contributed by atoms with Crippen molar-refractivity contribution in [1.29, 1.82) is 0 Å². The Morgan fingerprint density at radius 1 is 1.46 bits per heavy atom. The zero-order valence-electron chi connectivity index (χ0n) is 7.97. The van der Waals surface area contributed by atoms with Gasteiger partial charge in [0.15, 0.2) is 0 Å². The number of ether oxygens (including phenoxy) is 1. The van der Waals surface area contributed by atoms with E-state index in [2.05, 4.69) is 0 Å². The van der Waals surface area contributed by atoms with Crippen molar-refractivity contribution in [1.82, 2.24) is 0 Å². The maximum absolute atomic E-state index is 13.7. The van der Waals surface area contributed by atoms with E-state index in [1.165, 1.54) is 0 Å². The highest BCUT2D eigenvalue weighted by Crippen LogP contribution is 2.39. The van der Waals surface area contributed by atoms with Crippen molar-refractivity contribution in [2.24, 2.45) is 5.73 Å². The van der Waals surface area contributed by atoms with Crippen LogP contribution in [0.1, 0.15) is 38.5 Å². The molecule has 2 aliphatic rings. The minimum absolute atomic E-state index is 0.106. The molecule has 1 unspecified atom stereocenters. The molecular formula is C10H18FNO. The molecule has 0 amide bonds. The lowest BCUT2D eigenvalue weighted by Crippen LogP contribution is -2.48. The Balaban J connectivity index is 1.67. The lowest BCUT2D eigenvalue weighted by molar-refractivity contribution is 0.0131. The molecule has 0 bridgehead atoms. The molecular weight excluding hydrogens is 169 g/mol. The van der Waals surface area contributed by atoms with E-state index in [0.29, 0.717) is 25.4 Å². The molecule has 3 heteroatoms. The maximum atomic E-state index is 13.7. The highest BCUT2D eigenvalue weighted by molar-refractivity contribution is 4.97. The van der Waals surface area contributed by atoms with Gasteiger partial charge in [-0.1, -0.05) is 0 Å². The molecule has 1 atom stereocenters. The van der Waals surface area contributed by atoms with Gasteiger partial charge < -0.3 is 10.5 Å². The van der Waals surface area contributed by atoms with Gasteiger partial charge in [0.2, 0.25) is 0 Å². The molecule has 1 aliphatic carbocycles. The van der Waals surface area contributed by atoms with E-state index in [-0.39, 0.29) is 6.04 Å². The number of hydrogen-bond donors (Lipinski definition) is 1. The van der Waals surface area contributed by atoms with Crippen LogP contribution in [-0.4, -0.2) is 24.4 Å². The van der Waals surface area contributed by atoms with Crippen LogP contribution in [0.2, 0.25) is 0 Å². The Morgan fingerprint density at radius 2 is 2.23 bits per heavy atom. The quantitative estimate of drug-likeness (QED) is 0.731. The summed E-state index contributed by atoms with van der Waals surface area (Å²) in [6, 6.07) is 0.106. The number of nitrogens with two attached hydrogens (primary N) is 1. The molecule has 0 aromatic rings. The summed E-state index contributed by atoms with van der Waals surface area (Å²) in [5.41, 5.74) is 4.61. The molecule has 0 spiro atoms. The van der Waals surface area contributed by atoms with Crippen molar-refractivity contribution >= 4 is 0 Å². The highest BCUT2D eigenvalue weighted by Gasteiger charge is 2.42. The maximum Gasteiger partial charge on any atom is 0.114 e. The SMILES string of the molecule is NC1CC(F)(CCC2CCCO2)C1. The molecule has 1 heterocycles. The van der Waals surface area contributed by atoms with Crippen LogP contribution in [0.3, 0.4) is 0 Å². The van der Waals surface area contributed by atoms with E-state index in [9.17, 15) is 4.39 Å². The first-order valence-electron chi connectivity index (χ1n) is 5.24. The summed E-state index contributed by atoms with van der Waals surface area (Å²) >= 11 is 0. The van der Waals surface area contributed by atoms with Crippen LogP contribution in [0.5, 0.6) is 0 Å². The van der Waals surface area contributed by atoms with Crippen molar-refractivity contribution in [3.05, 3.63) is 0 Å². The van der Waals surface area contributed by atoms with Gasteiger partial charge in [0.25, 0.3) is 0 Å². The van der Waals surface area contributed by atoms with Gasteiger partial charge in [-0.3, -0.25) is 0 Å². The fourth-order valence-electron chi connectivity index (χ4n) is 2.38. The summed E-state index contributed by atoms with van der Waals surface area (Å²) in [6.45, 7) is 0.865. The standard InChI is InChI=1S/C10H18FNO/c11-10(6-8(12)7-10)4-3-9-2-1-5-13-9/h8-9H,1-7,12H2. The average molecular weight is 187 g/mol. The van der Waals surface area contributed by atoms with Gasteiger partial charge in [0, 0.05) is 12.6 Å². The second kappa shape index (κ2) is 3.54. The zero-order valence-corrected chi connectivity index (χ0v) is 7.97. The molecule has 1 saturated heterocycles. The van der Waals surface area contributed by atoms with Crippen LogP contribution in [-0.2, 0) is 4.74 Å². The van der Waals surface area contributed by atoms with Crippen molar-refractivity contribution in [3.8, 4) is 0 Å². The molecule has 0 aromatic heterocycles. The van der Waals surface area contributed by atoms with Gasteiger partial charge in [-0.25, -0.2) is 4.39 Å².